The highest BCUT2D eigenvalue weighted by Crippen LogP contribution is 2.27. The minimum atomic E-state index is -0.763. The average molecular weight is 311 g/mol. The Kier molecular flexibility index (Phi) is 5.05. The zero-order valence-corrected chi connectivity index (χ0v) is 13.0. The summed E-state index contributed by atoms with van der Waals surface area (Å²) < 4.78 is 5.71. The third kappa shape index (κ3) is 3.97. The van der Waals surface area contributed by atoms with Crippen molar-refractivity contribution >= 4 is 5.97 Å². The van der Waals surface area contributed by atoms with Crippen LogP contribution in [-0.2, 0) is 22.7 Å². The van der Waals surface area contributed by atoms with Crippen LogP contribution in [0.3, 0.4) is 0 Å². The van der Waals surface area contributed by atoms with Crippen molar-refractivity contribution in [1.29, 1.82) is 0 Å². The topological polar surface area (TPSA) is 49.8 Å². The first-order valence-electron chi connectivity index (χ1n) is 7.86. The molecule has 3 rings (SSSR count). The Labute approximate surface area is 136 Å². The van der Waals surface area contributed by atoms with E-state index in [-0.39, 0.29) is 5.92 Å². The van der Waals surface area contributed by atoms with Gasteiger partial charge in [-0.3, -0.25) is 9.69 Å². The number of ether oxygens (including phenoxy) is 1. The van der Waals surface area contributed by atoms with E-state index in [1.165, 1.54) is 0 Å². The number of aliphatic carboxylic acids is 1. The summed E-state index contributed by atoms with van der Waals surface area (Å²) in [5.41, 5.74) is 2.25. The molecule has 0 unspecified atom stereocenters. The summed E-state index contributed by atoms with van der Waals surface area (Å²) in [6.45, 7) is 2.45. The maximum Gasteiger partial charge on any atom is 0.321 e. The van der Waals surface area contributed by atoms with Crippen molar-refractivity contribution in [3.8, 4) is 0 Å². The van der Waals surface area contributed by atoms with Gasteiger partial charge in [0.2, 0.25) is 0 Å². The number of carbonyl (C=O) groups is 1. The molecule has 2 atom stereocenters. The number of rotatable bonds is 7. The van der Waals surface area contributed by atoms with Gasteiger partial charge in [-0.15, -0.1) is 0 Å². The zero-order valence-electron chi connectivity index (χ0n) is 13.0. The second-order valence-electron chi connectivity index (χ2n) is 5.96. The van der Waals surface area contributed by atoms with Gasteiger partial charge in [-0.2, -0.15) is 0 Å². The van der Waals surface area contributed by atoms with Gasteiger partial charge in [0.05, 0.1) is 13.2 Å². The molecule has 2 aromatic rings. The SMILES string of the molecule is O=C(O)[C@@H]1[C@@H](COCc2ccccc2)CN1Cc1ccccc1. The molecule has 0 bridgehead atoms. The predicted octanol–water partition coefficient (Wildman–Crippen LogP) is 2.79. The van der Waals surface area contributed by atoms with E-state index in [1.54, 1.807) is 0 Å². The first-order valence-corrected chi connectivity index (χ1v) is 7.86. The highest BCUT2D eigenvalue weighted by Gasteiger charge is 2.43. The van der Waals surface area contributed by atoms with Crippen LogP contribution in [-0.4, -0.2) is 35.2 Å². The molecule has 4 nitrogen and oxygen atoms in total. The van der Waals surface area contributed by atoms with E-state index in [0.29, 0.717) is 19.8 Å². The molecule has 0 aliphatic carbocycles. The molecule has 0 radical (unpaired) electrons. The van der Waals surface area contributed by atoms with Crippen molar-refractivity contribution in [3.63, 3.8) is 0 Å². The van der Waals surface area contributed by atoms with Crippen molar-refractivity contribution < 1.29 is 14.6 Å². The lowest BCUT2D eigenvalue weighted by Crippen LogP contribution is -2.60. The quantitative estimate of drug-likeness (QED) is 0.854. The van der Waals surface area contributed by atoms with Gasteiger partial charge in [0.1, 0.15) is 6.04 Å². The molecular weight excluding hydrogens is 290 g/mol. The Morgan fingerprint density at radius 1 is 1.04 bits per heavy atom. The maximum atomic E-state index is 11.5. The number of carboxylic acids is 1. The zero-order chi connectivity index (χ0) is 16.1. The third-order valence-electron chi connectivity index (χ3n) is 4.23. The summed E-state index contributed by atoms with van der Waals surface area (Å²) in [5.74, 6) is -0.708. The molecule has 1 aliphatic heterocycles. The fourth-order valence-electron chi connectivity index (χ4n) is 3.06. The molecule has 0 spiro atoms. The number of hydrogen-bond donors (Lipinski definition) is 1. The molecule has 0 aromatic heterocycles. The summed E-state index contributed by atoms with van der Waals surface area (Å²) in [4.78, 5) is 13.5. The molecule has 0 saturated carbocycles. The van der Waals surface area contributed by atoms with E-state index in [2.05, 4.69) is 0 Å². The lowest BCUT2D eigenvalue weighted by Gasteiger charge is -2.45. The second kappa shape index (κ2) is 7.40. The summed E-state index contributed by atoms with van der Waals surface area (Å²) in [5, 5.41) is 9.47. The second-order valence-corrected chi connectivity index (χ2v) is 5.96. The largest absolute Gasteiger partial charge is 0.480 e. The highest BCUT2D eigenvalue weighted by molar-refractivity contribution is 5.75. The monoisotopic (exact) mass is 311 g/mol. The van der Waals surface area contributed by atoms with E-state index in [4.69, 9.17) is 4.74 Å². The molecule has 23 heavy (non-hydrogen) atoms. The molecule has 1 saturated heterocycles. The Bertz CT molecular complexity index is 628. The van der Waals surface area contributed by atoms with Crippen LogP contribution in [0.2, 0.25) is 0 Å². The average Bonchev–Trinajstić information content (AvgIpc) is 2.54. The van der Waals surface area contributed by atoms with Crippen LogP contribution in [0.5, 0.6) is 0 Å². The molecule has 120 valence electrons. The molecule has 4 heteroatoms. The molecule has 1 N–H and O–H groups in total. The molecule has 2 aromatic carbocycles. The van der Waals surface area contributed by atoms with Crippen molar-refractivity contribution in [3.05, 3.63) is 71.8 Å². The van der Waals surface area contributed by atoms with Crippen LogP contribution in [0, 0.1) is 5.92 Å². The lowest BCUT2D eigenvalue weighted by molar-refractivity contribution is -0.157. The van der Waals surface area contributed by atoms with Crippen LogP contribution in [0.1, 0.15) is 11.1 Å². The Morgan fingerprint density at radius 3 is 2.26 bits per heavy atom. The van der Waals surface area contributed by atoms with Crippen LogP contribution in [0.4, 0.5) is 0 Å². The molecule has 1 heterocycles. The van der Waals surface area contributed by atoms with Gasteiger partial charge in [0.15, 0.2) is 0 Å². The number of carboxylic acid groups (broad SMARTS) is 1. The molecule has 1 aliphatic rings. The molecule has 1 fully saturated rings. The lowest BCUT2D eigenvalue weighted by atomic mass is 9.88. The summed E-state index contributed by atoms with van der Waals surface area (Å²) >= 11 is 0. The van der Waals surface area contributed by atoms with Crippen LogP contribution >= 0.6 is 0 Å². The van der Waals surface area contributed by atoms with Gasteiger partial charge in [-0.05, 0) is 11.1 Å². The Morgan fingerprint density at radius 2 is 1.65 bits per heavy atom. The first-order chi connectivity index (χ1) is 11.2. The van der Waals surface area contributed by atoms with E-state index in [1.807, 2.05) is 65.6 Å². The van der Waals surface area contributed by atoms with E-state index >= 15 is 0 Å². The minimum Gasteiger partial charge on any atom is -0.480 e. The predicted molar refractivity (Wildman–Crippen MR) is 87.9 cm³/mol. The standard InChI is InChI=1S/C19H21NO3/c21-19(22)18-17(14-23-13-16-9-5-2-6-10-16)12-20(18)11-15-7-3-1-4-8-15/h1-10,17-18H,11-14H2,(H,21,22)/t17-,18+/m1/s1. The van der Waals surface area contributed by atoms with Gasteiger partial charge < -0.3 is 9.84 Å². The van der Waals surface area contributed by atoms with Crippen LogP contribution in [0.25, 0.3) is 0 Å². The van der Waals surface area contributed by atoms with E-state index in [9.17, 15) is 9.90 Å². The van der Waals surface area contributed by atoms with Crippen molar-refractivity contribution in [1.82, 2.24) is 4.90 Å². The van der Waals surface area contributed by atoms with Crippen LogP contribution in [0.15, 0.2) is 60.7 Å². The third-order valence-corrected chi connectivity index (χ3v) is 4.23. The first kappa shape index (κ1) is 15.7. The van der Waals surface area contributed by atoms with Crippen molar-refractivity contribution in [2.45, 2.75) is 19.2 Å². The fourth-order valence-corrected chi connectivity index (χ4v) is 3.06. The van der Waals surface area contributed by atoms with E-state index in [0.717, 1.165) is 17.7 Å². The Hall–Kier alpha value is -2.17. The summed E-state index contributed by atoms with van der Waals surface area (Å²) in [6, 6.07) is 19.5. The fraction of sp³-hybridized carbons (Fsp3) is 0.316. The van der Waals surface area contributed by atoms with Gasteiger partial charge in [-0.1, -0.05) is 60.7 Å². The Balaban J connectivity index is 1.50. The van der Waals surface area contributed by atoms with Crippen LogP contribution < -0.4 is 0 Å². The number of nitrogens with zero attached hydrogens (tertiary/aromatic N) is 1. The van der Waals surface area contributed by atoms with E-state index < -0.39 is 12.0 Å². The van der Waals surface area contributed by atoms with Gasteiger partial charge in [0.25, 0.3) is 0 Å². The van der Waals surface area contributed by atoms with Crippen molar-refractivity contribution in [2.24, 2.45) is 5.92 Å². The van der Waals surface area contributed by atoms with Gasteiger partial charge in [0, 0.05) is 19.0 Å². The summed E-state index contributed by atoms with van der Waals surface area (Å²) in [7, 11) is 0. The van der Waals surface area contributed by atoms with Crippen molar-refractivity contribution in [2.75, 3.05) is 13.2 Å². The number of hydrogen-bond acceptors (Lipinski definition) is 3. The number of likely N-dealkylation sites (tertiary alicyclic amines) is 1. The van der Waals surface area contributed by atoms with Gasteiger partial charge in [-0.25, -0.2) is 0 Å². The number of benzene rings is 2. The normalized spacial score (nSPS) is 20.9. The smallest absolute Gasteiger partial charge is 0.321 e. The summed E-state index contributed by atoms with van der Waals surface area (Å²) in [6.07, 6.45) is 0. The minimum absolute atomic E-state index is 0.0555. The molecule has 0 amide bonds. The highest BCUT2D eigenvalue weighted by atomic mass is 16.5. The van der Waals surface area contributed by atoms with Gasteiger partial charge >= 0.3 is 5.97 Å². The maximum absolute atomic E-state index is 11.5. The molecular formula is C19H21NO3.